The number of alkyl halides is 3. The molecule has 0 amide bonds. The predicted molar refractivity (Wildman–Crippen MR) is 97.8 cm³/mol. The van der Waals surface area contributed by atoms with Gasteiger partial charge in [-0.1, -0.05) is 0 Å². The van der Waals surface area contributed by atoms with Gasteiger partial charge in [0.15, 0.2) is 5.82 Å². The van der Waals surface area contributed by atoms with Gasteiger partial charge in [0.25, 0.3) is 10.2 Å². The normalized spacial score (nSPS) is 19.7. The van der Waals surface area contributed by atoms with Crippen LogP contribution in [0.5, 0.6) is 5.88 Å². The number of aromatic nitrogens is 3. The summed E-state index contributed by atoms with van der Waals surface area (Å²) in [5, 5.41) is 9.24. The first kappa shape index (κ1) is 20.2. The topological polar surface area (TPSA) is 106 Å². The van der Waals surface area contributed by atoms with E-state index in [0.29, 0.717) is 31.8 Å². The fraction of sp³-hybridized carbons (Fsp3) is 0.625. The summed E-state index contributed by atoms with van der Waals surface area (Å²) in [4.78, 5) is 6.04. The molecule has 2 aliphatic rings. The molecule has 1 spiro atoms. The van der Waals surface area contributed by atoms with E-state index in [1.807, 2.05) is 0 Å². The molecule has 1 saturated carbocycles. The first-order valence-electron chi connectivity index (χ1n) is 8.87. The molecule has 2 N–H and O–H groups in total. The van der Waals surface area contributed by atoms with Gasteiger partial charge in [-0.15, -0.1) is 5.10 Å². The summed E-state index contributed by atoms with van der Waals surface area (Å²) in [6.45, 7) is 2.57. The zero-order valence-corrected chi connectivity index (χ0v) is 16.9. The molecule has 2 fully saturated rings. The second-order valence-corrected chi connectivity index (χ2v) is 9.43. The van der Waals surface area contributed by atoms with E-state index in [9.17, 15) is 21.6 Å². The summed E-state index contributed by atoms with van der Waals surface area (Å²) in [6, 6.07) is 0.724. The van der Waals surface area contributed by atoms with Crippen LogP contribution in [0.1, 0.15) is 24.2 Å². The Bertz CT molecular complexity index is 1070. The first-order chi connectivity index (χ1) is 13.3. The van der Waals surface area contributed by atoms with Crippen LogP contribution < -0.4 is 14.8 Å². The SMILES string of the molecule is COc1cc(C(F)(F)F)c2c(N3CC4(CC(N(C)S(N)(=O)=O)C4)C3)nc(C)nn12. The minimum Gasteiger partial charge on any atom is -0.481 e. The van der Waals surface area contributed by atoms with Crippen LogP contribution in [0.25, 0.3) is 5.52 Å². The fourth-order valence-electron chi connectivity index (χ4n) is 4.32. The molecule has 0 radical (unpaired) electrons. The largest absolute Gasteiger partial charge is 0.481 e. The smallest absolute Gasteiger partial charge is 0.418 e. The molecule has 1 saturated heterocycles. The van der Waals surface area contributed by atoms with Crippen molar-refractivity contribution in [2.24, 2.45) is 10.6 Å². The van der Waals surface area contributed by atoms with Crippen molar-refractivity contribution in [2.45, 2.75) is 32.0 Å². The number of aryl methyl sites for hydroxylation is 1. The summed E-state index contributed by atoms with van der Waals surface area (Å²) >= 11 is 0. The molecule has 0 atom stereocenters. The number of hydrogen-bond donors (Lipinski definition) is 1. The molecule has 13 heteroatoms. The summed E-state index contributed by atoms with van der Waals surface area (Å²) in [5.41, 5.74) is -1.15. The van der Waals surface area contributed by atoms with Crippen molar-refractivity contribution in [3.05, 3.63) is 17.5 Å². The lowest BCUT2D eigenvalue weighted by atomic mass is 9.60. The van der Waals surface area contributed by atoms with Gasteiger partial charge in [-0.2, -0.15) is 30.4 Å². The lowest BCUT2D eigenvalue weighted by Gasteiger charge is -2.60. The average molecular weight is 434 g/mol. The lowest BCUT2D eigenvalue weighted by molar-refractivity contribution is -0.136. The highest BCUT2D eigenvalue weighted by molar-refractivity contribution is 7.86. The molecular weight excluding hydrogens is 413 g/mol. The number of hydrogen-bond acceptors (Lipinski definition) is 6. The first-order valence-corrected chi connectivity index (χ1v) is 10.4. The van der Waals surface area contributed by atoms with E-state index >= 15 is 0 Å². The molecule has 0 aromatic carbocycles. The second-order valence-electron chi connectivity index (χ2n) is 7.82. The van der Waals surface area contributed by atoms with Gasteiger partial charge in [0, 0.05) is 37.7 Å². The maximum absolute atomic E-state index is 13.6. The fourth-order valence-corrected chi connectivity index (χ4v) is 4.89. The van der Waals surface area contributed by atoms with Gasteiger partial charge in [-0.05, 0) is 19.8 Å². The van der Waals surface area contributed by atoms with E-state index in [4.69, 9.17) is 9.88 Å². The third-order valence-electron chi connectivity index (χ3n) is 5.79. The molecule has 3 heterocycles. The number of halogens is 3. The zero-order chi connectivity index (χ0) is 21.4. The van der Waals surface area contributed by atoms with Crippen molar-refractivity contribution in [3.63, 3.8) is 0 Å². The third-order valence-corrected chi connectivity index (χ3v) is 6.89. The molecule has 29 heavy (non-hydrogen) atoms. The number of ether oxygens (including phenoxy) is 1. The Balaban J connectivity index is 1.63. The van der Waals surface area contributed by atoms with Crippen molar-refractivity contribution in [1.82, 2.24) is 18.9 Å². The Morgan fingerprint density at radius 1 is 1.34 bits per heavy atom. The van der Waals surface area contributed by atoms with Crippen LogP contribution in [0.4, 0.5) is 19.0 Å². The van der Waals surface area contributed by atoms with Gasteiger partial charge in [0.05, 0.1) is 12.7 Å². The molecule has 1 aliphatic heterocycles. The Morgan fingerprint density at radius 3 is 2.48 bits per heavy atom. The quantitative estimate of drug-likeness (QED) is 0.774. The van der Waals surface area contributed by atoms with Gasteiger partial charge in [0.2, 0.25) is 5.88 Å². The van der Waals surface area contributed by atoms with Gasteiger partial charge >= 0.3 is 6.18 Å². The van der Waals surface area contributed by atoms with Crippen molar-refractivity contribution in [1.29, 1.82) is 0 Å². The van der Waals surface area contributed by atoms with Crippen LogP contribution in [-0.4, -0.2) is 60.6 Å². The highest BCUT2D eigenvalue weighted by Crippen LogP contribution is 2.52. The lowest BCUT2D eigenvalue weighted by Crippen LogP contribution is -2.67. The van der Waals surface area contributed by atoms with Gasteiger partial charge in [0.1, 0.15) is 11.3 Å². The maximum Gasteiger partial charge on any atom is 0.418 e. The Hall–Kier alpha value is -2.12. The Labute approximate surface area is 165 Å². The van der Waals surface area contributed by atoms with Crippen LogP contribution in [0.15, 0.2) is 6.07 Å². The van der Waals surface area contributed by atoms with E-state index < -0.39 is 21.9 Å². The monoisotopic (exact) mass is 434 g/mol. The number of nitrogens with two attached hydrogens (primary N) is 1. The van der Waals surface area contributed by atoms with E-state index in [0.717, 1.165) is 14.9 Å². The third kappa shape index (κ3) is 3.20. The average Bonchev–Trinajstić information content (AvgIpc) is 2.89. The second kappa shape index (κ2) is 6.19. The minimum absolute atomic E-state index is 0.0206. The molecule has 4 rings (SSSR count). The summed E-state index contributed by atoms with van der Waals surface area (Å²) in [5.74, 6) is 0.492. The van der Waals surface area contributed by atoms with Crippen LogP contribution in [0.2, 0.25) is 0 Å². The van der Waals surface area contributed by atoms with E-state index in [-0.39, 0.29) is 28.7 Å². The van der Waals surface area contributed by atoms with Gasteiger partial charge in [-0.25, -0.2) is 10.1 Å². The maximum atomic E-state index is 13.6. The molecule has 2 aromatic rings. The molecule has 1 aliphatic carbocycles. The molecule has 9 nitrogen and oxygen atoms in total. The summed E-state index contributed by atoms with van der Waals surface area (Å²) in [7, 11) is -1.04. The molecular formula is C16H21F3N6O3S. The molecule has 2 aromatic heterocycles. The van der Waals surface area contributed by atoms with Crippen molar-refractivity contribution in [3.8, 4) is 5.88 Å². The van der Waals surface area contributed by atoms with Crippen molar-refractivity contribution in [2.75, 3.05) is 32.1 Å². The van der Waals surface area contributed by atoms with E-state index in [1.165, 1.54) is 14.2 Å². The Kier molecular flexibility index (Phi) is 4.30. The number of methoxy groups -OCH3 is 1. The number of anilines is 1. The van der Waals surface area contributed by atoms with E-state index in [1.54, 1.807) is 11.8 Å². The zero-order valence-electron chi connectivity index (χ0n) is 16.1. The highest BCUT2D eigenvalue weighted by Gasteiger charge is 2.55. The Morgan fingerprint density at radius 2 is 1.97 bits per heavy atom. The highest BCUT2D eigenvalue weighted by atomic mass is 32.2. The number of rotatable bonds is 4. The summed E-state index contributed by atoms with van der Waals surface area (Å²) in [6.07, 6.45) is -3.38. The van der Waals surface area contributed by atoms with Crippen molar-refractivity contribution < 1.29 is 26.3 Å². The van der Waals surface area contributed by atoms with Crippen LogP contribution in [0, 0.1) is 12.3 Å². The number of fused-ring (bicyclic) bond motifs is 1. The van der Waals surface area contributed by atoms with Gasteiger partial charge < -0.3 is 9.64 Å². The van der Waals surface area contributed by atoms with E-state index in [2.05, 4.69) is 10.1 Å². The molecule has 0 unspecified atom stereocenters. The predicted octanol–water partition coefficient (Wildman–Crippen LogP) is 1.17. The number of nitrogens with zero attached hydrogens (tertiary/aromatic N) is 5. The van der Waals surface area contributed by atoms with Crippen molar-refractivity contribution >= 4 is 21.5 Å². The summed E-state index contributed by atoms with van der Waals surface area (Å²) < 4.78 is 71.1. The minimum atomic E-state index is -4.59. The standard InChI is InChI=1S/C16H21F3N6O3S/c1-9-21-14(13-11(16(17,18)19)4-12(28-3)25(13)22-9)24-7-15(8-24)5-10(6-15)23(2)29(20,26)27/h4,10H,5-8H2,1-3H3,(H2,20,26,27). The van der Waals surface area contributed by atoms with Crippen LogP contribution >= 0.6 is 0 Å². The van der Waals surface area contributed by atoms with Gasteiger partial charge in [-0.3, -0.25) is 0 Å². The molecule has 160 valence electrons. The van der Waals surface area contributed by atoms with Crippen LogP contribution in [0.3, 0.4) is 0 Å². The molecule has 0 bridgehead atoms. The van der Waals surface area contributed by atoms with Crippen LogP contribution in [-0.2, 0) is 16.4 Å².